The summed E-state index contributed by atoms with van der Waals surface area (Å²) in [6, 6.07) is 0. The molecule has 1 unspecified atom stereocenters. The fourth-order valence-electron chi connectivity index (χ4n) is 1.64. The van der Waals surface area contributed by atoms with E-state index < -0.39 is 0 Å². The van der Waals surface area contributed by atoms with Crippen LogP contribution in [0.4, 0.5) is 0 Å². The van der Waals surface area contributed by atoms with E-state index in [-0.39, 0.29) is 6.10 Å². The number of piperidine rings is 2. The van der Waals surface area contributed by atoms with Crippen molar-refractivity contribution in [3.63, 3.8) is 0 Å². The lowest BCUT2D eigenvalue weighted by molar-refractivity contribution is 0.142. The maximum atomic E-state index is 8.85. The zero-order chi connectivity index (χ0) is 9.36. The Morgan fingerprint density at radius 3 is 1.77 bits per heavy atom. The number of β-amino-alcohol motifs (C(OH)–C–C–N with tert-alkyl or cyclic N) is 1. The Hall–Kier alpha value is -0.120. The van der Waals surface area contributed by atoms with E-state index in [1.807, 2.05) is 0 Å². The monoisotopic (exact) mass is 186 g/mol. The molecule has 1 atom stereocenters. The zero-order valence-electron chi connectivity index (χ0n) is 8.39. The maximum Gasteiger partial charge on any atom is 0.0665 e. The molecule has 0 bridgehead atoms. The van der Waals surface area contributed by atoms with Gasteiger partial charge in [0.15, 0.2) is 0 Å². The molecule has 0 spiro atoms. The van der Waals surface area contributed by atoms with Crippen molar-refractivity contribution in [3.8, 4) is 0 Å². The number of hydrogen-bond donors (Lipinski definition) is 3. The first-order chi connectivity index (χ1) is 6.39. The third-order valence-corrected chi connectivity index (χ3v) is 2.48. The van der Waals surface area contributed by atoms with Crippen LogP contribution in [0.15, 0.2) is 0 Å². The van der Waals surface area contributed by atoms with Crippen LogP contribution in [0.25, 0.3) is 0 Å². The summed E-state index contributed by atoms with van der Waals surface area (Å²) in [5, 5.41) is 15.2. The molecule has 2 aliphatic rings. The molecule has 0 amide bonds. The summed E-state index contributed by atoms with van der Waals surface area (Å²) in [4.78, 5) is 0. The third kappa shape index (κ3) is 6.02. The van der Waals surface area contributed by atoms with E-state index in [2.05, 4.69) is 10.6 Å². The van der Waals surface area contributed by atoms with Crippen LogP contribution >= 0.6 is 0 Å². The summed E-state index contributed by atoms with van der Waals surface area (Å²) in [6.07, 6.45) is 6.25. The van der Waals surface area contributed by atoms with Gasteiger partial charge in [0.25, 0.3) is 0 Å². The average molecular weight is 186 g/mol. The molecule has 3 N–H and O–H groups in total. The Labute approximate surface area is 80.9 Å². The van der Waals surface area contributed by atoms with Gasteiger partial charge in [-0.05, 0) is 45.3 Å². The van der Waals surface area contributed by atoms with Gasteiger partial charge in [0.2, 0.25) is 0 Å². The summed E-state index contributed by atoms with van der Waals surface area (Å²) >= 11 is 0. The van der Waals surface area contributed by atoms with Crippen LogP contribution in [0, 0.1) is 0 Å². The molecule has 0 aromatic carbocycles. The fourth-order valence-corrected chi connectivity index (χ4v) is 1.64. The SMILES string of the molecule is C1CCNCC1.OC1CCCNC1. The van der Waals surface area contributed by atoms with Crippen LogP contribution in [-0.4, -0.2) is 37.4 Å². The van der Waals surface area contributed by atoms with Crippen molar-refractivity contribution >= 4 is 0 Å². The van der Waals surface area contributed by atoms with Gasteiger partial charge in [-0.3, -0.25) is 0 Å². The Bertz CT molecular complexity index is 98.0. The first kappa shape index (κ1) is 11.0. The maximum absolute atomic E-state index is 8.85. The Kier molecular flexibility index (Phi) is 6.15. The fraction of sp³-hybridized carbons (Fsp3) is 1.00. The number of nitrogens with one attached hydrogen (secondary N) is 2. The minimum absolute atomic E-state index is 0.0752. The van der Waals surface area contributed by atoms with E-state index in [4.69, 9.17) is 5.11 Å². The lowest BCUT2D eigenvalue weighted by Crippen LogP contribution is -2.33. The van der Waals surface area contributed by atoms with Crippen LogP contribution in [-0.2, 0) is 0 Å². The van der Waals surface area contributed by atoms with E-state index in [9.17, 15) is 0 Å². The first-order valence-corrected chi connectivity index (χ1v) is 5.49. The van der Waals surface area contributed by atoms with Crippen molar-refractivity contribution in [1.82, 2.24) is 10.6 Å². The van der Waals surface area contributed by atoms with Gasteiger partial charge < -0.3 is 15.7 Å². The Morgan fingerprint density at radius 1 is 0.846 bits per heavy atom. The number of hydrogen-bond acceptors (Lipinski definition) is 3. The quantitative estimate of drug-likeness (QED) is 0.516. The molecule has 0 saturated carbocycles. The van der Waals surface area contributed by atoms with Gasteiger partial charge in [-0.15, -0.1) is 0 Å². The molecule has 13 heavy (non-hydrogen) atoms. The molecule has 3 nitrogen and oxygen atoms in total. The van der Waals surface area contributed by atoms with E-state index in [0.29, 0.717) is 0 Å². The highest BCUT2D eigenvalue weighted by Gasteiger charge is 2.06. The number of aliphatic hydroxyl groups is 1. The zero-order valence-corrected chi connectivity index (χ0v) is 8.39. The molecule has 2 aliphatic heterocycles. The molecular formula is C10H22N2O. The number of rotatable bonds is 0. The summed E-state index contributed by atoms with van der Waals surface area (Å²) in [5.41, 5.74) is 0. The second-order valence-corrected chi connectivity index (χ2v) is 3.81. The van der Waals surface area contributed by atoms with Gasteiger partial charge in [-0.2, -0.15) is 0 Å². The summed E-state index contributed by atoms with van der Waals surface area (Å²) in [5.74, 6) is 0. The first-order valence-electron chi connectivity index (χ1n) is 5.49. The Morgan fingerprint density at radius 2 is 1.54 bits per heavy atom. The lowest BCUT2D eigenvalue weighted by Gasteiger charge is -2.16. The highest BCUT2D eigenvalue weighted by molar-refractivity contribution is 4.65. The van der Waals surface area contributed by atoms with Crippen molar-refractivity contribution < 1.29 is 5.11 Å². The molecule has 2 heterocycles. The van der Waals surface area contributed by atoms with Gasteiger partial charge >= 0.3 is 0 Å². The summed E-state index contributed by atoms with van der Waals surface area (Å²) in [7, 11) is 0. The minimum Gasteiger partial charge on any atom is -0.392 e. The smallest absolute Gasteiger partial charge is 0.0665 e. The second-order valence-electron chi connectivity index (χ2n) is 3.81. The highest BCUT2D eigenvalue weighted by Crippen LogP contribution is 1.98. The molecule has 3 heteroatoms. The second kappa shape index (κ2) is 7.30. The lowest BCUT2D eigenvalue weighted by atomic mass is 10.1. The topological polar surface area (TPSA) is 44.3 Å². The Balaban J connectivity index is 0.000000132. The molecule has 0 aromatic rings. The third-order valence-electron chi connectivity index (χ3n) is 2.48. The van der Waals surface area contributed by atoms with Crippen LogP contribution in [0.5, 0.6) is 0 Å². The van der Waals surface area contributed by atoms with Gasteiger partial charge in [-0.1, -0.05) is 6.42 Å². The van der Waals surface area contributed by atoms with Crippen LogP contribution in [0.1, 0.15) is 32.1 Å². The van der Waals surface area contributed by atoms with Crippen molar-refractivity contribution in [2.45, 2.75) is 38.2 Å². The van der Waals surface area contributed by atoms with Gasteiger partial charge in [0.1, 0.15) is 0 Å². The van der Waals surface area contributed by atoms with Crippen LogP contribution in [0.2, 0.25) is 0 Å². The molecule has 0 radical (unpaired) electrons. The van der Waals surface area contributed by atoms with Crippen LogP contribution in [0.3, 0.4) is 0 Å². The predicted octanol–water partition coefficient (Wildman–Crippen LogP) is 0.491. The largest absolute Gasteiger partial charge is 0.392 e. The van der Waals surface area contributed by atoms with Crippen molar-refractivity contribution in [2.24, 2.45) is 0 Å². The van der Waals surface area contributed by atoms with Crippen molar-refractivity contribution in [2.75, 3.05) is 26.2 Å². The van der Waals surface area contributed by atoms with E-state index in [1.165, 1.54) is 32.4 Å². The van der Waals surface area contributed by atoms with E-state index in [0.717, 1.165) is 25.9 Å². The molecule has 2 fully saturated rings. The van der Waals surface area contributed by atoms with Crippen molar-refractivity contribution in [1.29, 1.82) is 0 Å². The van der Waals surface area contributed by atoms with E-state index >= 15 is 0 Å². The van der Waals surface area contributed by atoms with Gasteiger partial charge in [-0.25, -0.2) is 0 Å². The highest BCUT2D eigenvalue weighted by atomic mass is 16.3. The standard InChI is InChI=1S/C5H11NO.C5H11N/c7-5-2-1-3-6-4-5;1-2-4-6-5-3-1/h5-7H,1-4H2;6H,1-5H2. The molecule has 0 aliphatic carbocycles. The van der Waals surface area contributed by atoms with Gasteiger partial charge in [0.05, 0.1) is 6.10 Å². The normalized spacial score (nSPS) is 28.8. The molecule has 0 aromatic heterocycles. The molecular weight excluding hydrogens is 164 g/mol. The van der Waals surface area contributed by atoms with Gasteiger partial charge in [0, 0.05) is 6.54 Å². The molecule has 78 valence electrons. The summed E-state index contributed by atoms with van der Waals surface area (Å²) in [6.45, 7) is 4.37. The van der Waals surface area contributed by atoms with Crippen LogP contribution < -0.4 is 10.6 Å². The summed E-state index contributed by atoms with van der Waals surface area (Å²) < 4.78 is 0. The average Bonchev–Trinajstić information content (AvgIpc) is 2.22. The van der Waals surface area contributed by atoms with Crippen molar-refractivity contribution in [3.05, 3.63) is 0 Å². The predicted molar refractivity (Wildman–Crippen MR) is 54.8 cm³/mol. The van der Waals surface area contributed by atoms with E-state index in [1.54, 1.807) is 0 Å². The molecule has 2 saturated heterocycles. The molecule has 2 rings (SSSR count). The number of aliphatic hydroxyl groups excluding tert-OH is 1. The minimum atomic E-state index is -0.0752.